The molecular weight excluding hydrogens is 290 g/mol. The van der Waals surface area contributed by atoms with E-state index in [4.69, 9.17) is 0 Å². The first-order chi connectivity index (χ1) is 10.2. The van der Waals surface area contributed by atoms with Crippen LogP contribution < -0.4 is 5.32 Å². The molecule has 0 aliphatic heterocycles. The van der Waals surface area contributed by atoms with Crippen LogP contribution in [-0.4, -0.2) is 15.0 Å². The molecule has 0 amide bonds. The number of nitrogens with zero attached hydrogens (tertiary/aromatic N) is 2. The predicted molar refractivity (Wildman–Crippen MR) is 81.7 cm³/mol. The third-order valence-electron chi connectivity index (χ3n) is 3.12. The molecule has 0 spiro atoms. The number of thiazole rings is 1. The van der Waals surface area contributed by atoms with E-state index in [1.54, 1.807) is 41.9 Å². The van der Waals surface area contributed by atoms with Gasteiger partial charge in [-0.1, -0.05) is 18.2 Å². The largest absolute Gasteiger partial charge is 0.508 e. The SMILES string of the molecule is O=[N+]([O-])c1c(NCc2ccccc2O)ccc2scnc12. The van der Waals surface area contributed by atoms with E-state index in [0.717, 1.165) is 4.70 Å². The molecular formula is C14H11N3O3S. The van der Waals surface area contributed by atoms with E-state index in [1.807, 2.05) is 0 Å². The minimum Gasteiger partial charge on any atom is -0.508 e. The summed E-state index contributed by atoms with van der Waals surface area (Å²) in [6, 6.07) is 10.3. The van der Waals surface area contributed by atoms with Gasteiger partial charge < -0.3 is 10.4 Å². The van der Waals surface area contributed by atoms with Crippen LogP contribution in [-0.2, 0) is 6.54 Å². The Morgan fingerprint density at radius 3 is 2.86 bits per heavy atom. The van der Waals surface area contributed by atoms with E-state index in [9.17, 15) is 15.2 Å². The molecule has 0 fully saturated rings. The van der Waals surface area contributed by atoms with Gasteiger partial charge in [-0.2, -0.15) is 0 Å². The number of benzene rings is 2. The van der Waals surface area contributed by atoms with Gasteiger partial charge in [0.1, 0.15) is 11.4 Å². The summed E-state index contributed by atoms with van der Waals surface area (Å²) >= 11 is 1.36. The zero-order valence-electron chi connectivity index (χ0n) is 10.8. The zero-order valence-corrected chi connectivity index (χ0v) is 11.6. The average Bonchev–Trinajstić information content (AvgIpc) is 2.93. The lowest BCUT2D eigenvalue weighted by molar-refractivity contribution is -0.382. The molecule has 0 aliphatic rings. The summed E-state index contributed by atoms with van der Waals surface area (Å²) < 4.78 is 0.773. The monoisotopic (exact) mass is 301 g/mol. The fourth-order valence-corrected chi connectivity index (χ4v) is 2.77. The Morgan fingerprint density at radius 2 is 2.10 bits per heavy atom. The van der Waals surface area contributed by atoms with Gasteiger partial charge >= 0.3 is 5.69 Å². The average molecular weight is 301 g/mol. The molecule has 0 atom stereocenters. The van der Waals surface area contributed by atoms with Crippen molar-refractivity contribution < 1.29 is 10.0 Å². The third-order valence-corrected chi connectivity index (χ3v) is 3.91. The van der Waals surface area contributed by atoms with E-state index in [1.165, 1.54) is 11.3 Å². The fourth-order valence-electron chi connectivity index (χ4n) is 2.10. The van der Waals surface area contributed by atoms with Gasteiger partial charge in [-0.3, -0.25) is 10.1 Å². The second kappa shape index (κ2) is 5.37. The number of fused-ring (bicyclic) bond motifs is 1. The summed E-state index contributed by atoms with van der Waals surface area (Å²) in [5.41, 5.74) is 2.99. The minimum absolute atomic E-state index is 0.0378. The molecule has 3 rings (SSSR count). The number of phenolic OH excluding ortho intramolecular Hbond substituents is 1. The number of nitro benzene ring substituents is 1. The van der Waals surface area contributed by atoms with E-state index in [0.29, 0.717) is 23.3 Å². The van der Waals surface area contributed by atoms with Crippen LogP contribution in [0.25, 0.3) is 10.2 Å². The van der Waals surface area contributed by atoms with Crippen LogP contribution >= 0.6 is 11.3 Å². The molecule has 3 aromatic rings. The fraction of sp³-hybridized carbons (Fsp3) is 0.0714. The summed E-state index contributed by atoms with van der Waals surface area (Å²) in [7, 11) is 0. The van der Waals surface area contributed by atoms with Gasteiger partial charge in [-0.25, -0.2) is 4.98 Å². The molecule has 21 heavy (non-hydrogen) atoms. The molecule has 0 aliphatic carbocycles. The second-order valence-electron chi connectivity index (χ2n) is 4.40. The number of nitro groups is 1. The van der Waals surface area contributed by atoms with Gasteiger partial charge in [0.15, 0.2) is 5.52 Å². The Balaban J connectivity index is 1.95. The van der Waals surface area contributed by atoms with E-state index in [-0.39, 0.29) is 11.4 Å². The third kappa shape index (κ3) is 2.50. The van der Waals surface area contributed by atoms with Gasteiger partial charge in [0.2, 0.25) is 0 Å². The number of nitrogens with one attached hydrogen (secondary N) is 1. The quantitative estimate of drug-likeness (QED) is 0.568. The predicted octanol–water partition coefficient (Wildman–Crippen LogP) is 3.52. The maximum atomic E-state index is 11.3. The summed E-state index contributed by atoms with van der Waals surface area (Å²) in [6.45, 7) is 0.295. The highest BCUT2D eigenvalue weighted by molar-refractivity contribution is 7.16. The standard InChI is InChI=1S/C14H11N3O3S/c18-11-4-2-1-3-9(11)7-15-10-5-6-12-13(16-8-21-12)14(10)17(19)20/h1-6,8,15,18H,7H2. The highest BCUT2D eigenvalue weighted by atomic mass is 32.1. The number of hydrogen-bond acceptors (Lipinski definition) is 6. The van der Waals surface area contributed by atoms with Crippen molar-refractivity contribution in [3.05, 3.63) is 57.6 Å². The number of aromatic hydroxyl groups is 1. The van der Waals surface area contributed by atoms with Crippen molar-refractivity contribution in [1.29, 1.82) is 0 Å². The van der Waals surface area contributed by atoms with E-state index in [2.05, 4.69) is 10.3 Å². The van der Waals surface area contributed by atoms with E-state index < -0.39 is 4.92 Å². The molecule has 7 heteroatoms. The maximum Gasteiger partial charge on any atom is 0.319 e. The molecule has 0 bridgehead atoms. The van der Waals surface area contributed by atoms with Crippen molar-refractivity contribution in [2.24, 2.45) is 0 Å². The van der Waals surface area contributed by atoms with Gasteiger partial charge in [0.05, 0.1) is 15.1 Å². The van der Waals surface area contributed by atoms with Crippen LogP contribution in [0.1, 0.15) is 5.56 Å². The molecule has 6 nitrogen and oxygen atoms in total. The molecule has 1 heterocycles. The number of phenols is 1. The summed E-state index contributed by atoms with van der Waals surface area (Å²) in [4.78, 5) is 14.9. The first-order valence-corrected chi connectivity index (χ1v) is 7.06. The number of para-hydroxylation sites is 1. The topological polar surface area (TPSA) is 88.3 Å². The normalized spacial score (nSPS) is 10.7. The maximum absolute atomic E-state index is 11.3. The Labute approximate surface area is 123 Å². The lowest BCUT2D eigenvalue weighted by Gasteiger charge is -2.08. The van der Waals surface area contributed by atoms with Crippen molar-refractivity contribution in [3.63, 3.8) is 0 Å². The smallest absolute Gasteiger partial charge is 0.319 e. The highest BCUT2D eigenvalue weighted by Crippen LogP contribution is 2.34. The molecule has 0 saturated carbocycles. The van der Waals surface area contributed by atoms with Crippen molar-refractivity contribution in [3.8, 4) is 5.75 Å². The molecule has 2 N–H and O–H groups in total. The first kappa shape index (κ1) is 13.3. The summed E-state index contributed by atoms with van der Waals surface area (Å²) in [6.07, 6.45) is 0. The minimum atomic E-state index is -0.435. The Hall–Kier alpha value is -2.67. The molecule has 0 radical (unpaired) electrons. The zero-order chi connectivity index (χ0) is 14.8. The molecule has 1 aromatic heterocycles. The molecule has 0 unspecified atom stereocenters. The Kier molecular flexibility index (Phi) is 3.41. The van der Waals surface area contributed by atoms with Crippen LogP contribution in [0.3, 0.4) is 0 Å². The van der Waals surface area contributed by atoms with Gasteiger partial charge in [0.25, 0.3) is 0 Å². The number of rotatable bonds is 4. The number of hydrogen-bond donors (Lipinski definition) is 2. The van der Waals surface area contributed by atoms with Crippen molar-refractivity contribution in [1.82, 2.24) is 4.98 Å². The summed E-state index contributed by atoms with van der Waals surface area (Å²) in [5.74, 6) is 0.155. The lowest BCUT2D eigenvalue weighted by Crippen LogP contribution is -2.03. The van der Waals surface area contributed by atoms with E-state index >= 15 is 0 Å². The Bertz CT molecular complexity index is 816. The van der Waals surface area contributed by atoms with Crippen molar-refractivity contribution in [2.45, 2.75) is 6.54 Å². The lowest BCUT2D eigenvalue weighted by atomic mass is 10.2. The Morgan fingerprint density at radius 1 is 1.29 bits per heavy atom. The van der Waals surface area contributed by atoms with Crippen LogP contribution in [0.15, 0.2) is 41.9 Å². The summed E-state index contributed by atoms with van der Waals surface area (Å²) in [5, 5.41) is 24.0. The van der Waals surface area contributed by atoms with Gasteiger partial charge in [0, 0.05) is 12.1 Å². The van der Waals surface area contributed by atoms with Gasteiger partial charge in [-0.15, -0.1) is 11.3 Å². The second-order valence-corrected chi connectivity index (χ2v) is 5.29. The van der Waals surface area contributed by atoms with Crippen LogP contribution in [0.2, 0.25) is 0 Å². The number of aromatic nitrogens is 1. The van der Waals surface area contributed by atoms with Crippen LogP contribution in [0, 0.1) is 10.1 Å². The van der Waals surface area contributed by atoms with Crippen LogP contribution in [0.4, 0.5) is 11.4 Å². The molecule has 2 aromatic carbocycles. The molecule has 106 valence electrons. The van der Waals surface area contributed by atoms with Crippen molar-refractivity contribution in [2.75, 3.05) is 5.32 Å². The van der Waals surface area contributed by atoms with Gasteiger partial charge in [-0.05, 0) is 18.2 Å². The van der Waals surface area contributed by atoms with Crippen LogP contribution in [0.5, 0.6) is 5.75 Å². The first-order valence-electron chi connectivity index (χ1n) is 6.18. The highest BCUT2D eigenvalue weighted by Gasteiger charge is 2.20. The van der Waals surface area contributed by atoms with Crippen molar-refractivity contribution >= 4 is 32.9 Å². The molecule has 0 saturated heterocycles. The number of anilines is 1.